The van der Waals surface area contributed by atoms with E-state index in [9.17, 15) is 19.5 Å². The fourth-order valence-electron chi connectivity index (χ4n) is 5.30. The second-order valence-corrected chi connectivity index (χ2v) is 8.30. The number of esters is 2. The number of hydrogen-bond donors (Lipinski definition) is 1. The van der Waals surface area contributed by atoms with Gasteiger partial charge in [-0.05, 0) is 39.0 Å². The summed E-state index contributed by atoms with van der Waals surface area (Å²) in [5.74, 6) is -1.92. The third-order valence-electron chi connectivity index (χ3n) is 5.74. The highest BCUT2D eigenvalue weighted by Gasteiger charge is 2.69. The van der Waals surface area contributed by atoms with Gasteiger partial charge in [-0.1, -0.05) is 13.2 Å². The number of ether oxygens (including phenoxy) is 2. The van der Waals surface area contributed by atoms with Crippen LogP contribution in [-0.2, 0) is 23.9 Å². The summed E-state index contributed by atoms with van der Waals surface area (Å²) in [6, 6.07) is 0. The zero-order chi connectivity index (χ0) is 18.6. The first-order valence-corrected chi connectivity index (χ1v) is 8.52. The van der Waals surface area contributed by atoms with Crippen LogP contribution in [0.5, 0.6) is 0 Å². The lowest BCUT2D eigenvalue weighted by Gasteiger charge is -2.63. The number of rotatable bonds is 5. The molecule has 0 saturated heterocycles. The third kappa shape index (κ3) is 2.87. The van der Waals surface area contributed by atoms with Crippen molar-refractivity contribution in [1.82, 2.24) is 0 Å². The molecule has 4 aliphatic carbocycles. The molecule has 1 N–H and O–H groups in total. The molecule has 0 aromatic rings. The standard InChI is InChI=1S/C19H24O6/c1-11(2)14(20)24-18-6-13-5-17(8-18,16(22)23)9-19(7-13,10-18)25-15(21)12(3)4/h13H,1,3,5-10H2,2,4H3,(H,22,23). The van der Waals surface area contributed by atoms with Gasteiger partial charge in [-0.2, -0.15) is 0 Å². The van der Waals surface area contributed by atoms with Gasteiger partial charge in [-0.3, -0.25) is 4.79 Å². The van der Waals surface area contributed by atoms with Crippen LogP contribution in [0.1, 0.15) is 52.4 Å². The lowest BCUT2D eigenvalue weighted by molar-refractivity contribution is -0.250. The number of carbonyl (C=O) groups excluding carboxylic acids is 2. The number of aliphatic carboxylic acids is 1. The molecule has 6 heteroatoms. The molecule has 6 nitrogen and oxygen atoms in total. The van der Waals surface area contributed by atoms with Gasteiger partial charge in [0.05, 0.1) is 5.41 Å². The minimum atomic E-state index is -1.02. The van der Waals surface area contributed by atoms with Crippen LogP contribution in [0.25, 0.3) is 0 Å². The minimum absolute atomic E-state index is 0.0446. The molecule has 136 valence electrons. The summed E-state index contributed by atoms with van der Waals surface area (Å²) in [5.41, 5.74) is -2.31. The molecule has 0 aromatic carbocycles. The summed E-state index contributed by atoms with van der Waals surface area (Å²) < 4.78 is 11.5. The Morgan fingerprint density at radius 1 is 0.880 bits per heavy atom. The van der Waals surface area contributed by atoms with E-state index in [0.29, 0.717) is 25.7 Å². The van der Waals surface area contributed by atoms with Crippen molar-refractivity contribution in [2.75, 3.05) is 0 Å². The quantitative estimate of drug-likeness (QED) is 0.607. The van der Waals surface area contributed by atoms with E-state index >= 15 is 0 Å². The highest BCUT2D eigenvalue weighted by Crippen LogP contribution is 2.65. The molecule has 0 spiro atoms. The molecule has 4 fully saturated rings. The smallest absolute Gasteiger partial charge is 0.333 e. The van der Waals surface area contributed by atoms with Crippen molar-refractivity contribution in [3.05, 3.63) is 24.3 Å². The Balaban J connectivity index is 1.98. The normalized spacial score (nSPS) is 38.1. The maximum atomic E-state index is 12.1. The largest absolute Gasteiger partial charge is 0.481 e. The molecule has 4 saturated carbocycles. The van der Waals surface area contributed by atoms with Crippen LogP contribution in [0.4, 0.5) is 0 Å². The van der Waals surface area contributed by atoms with Crippen LogP contribution < -0.4 is 0 Å². The van der Waals surface area contributed by atoms with E-state index in [2.05, 4.69) is 13.2 Å². The van der Waals surface area contributed by atoms with Crippen LogP contribution >= 0.6 is 0 Å². The van der Waals surface area contributed by atoms with E-state index in [1.807, 2.05) is 0 Å². The van der Waals surface area contributed by atoms with Crippen molar-refractivity contribution in [3.8, 4) is 0 Å². The van der Waals surface area contributed by atoms with Crippen molar-refractivity contribution in [2.45, 2.75) is 63.6 Å². The number of hydrogen-bond acceptors (Lipinski definition) is 5. The van der Waals surface area contributed by atoms with E-state index in [4.69, 9.17) is 9.47 Å². The SMILES string of the molecule is C=C(C)C(=O)OC12CC3CC(OC(=O)C(=C)C)(C1)CC(C(=O)O)(C3)C2. The summed E-state index contributed by atoms with van der Waals surface area (Å²) in [5, 5.41) is 9.88. The van der Waals surface area contributed by atoms with Gasteiger partial charge in [-0.25, -0.2) is 9.59 Å². The summed E-state index contributed by atoms with van der Waals surface area (Å²) in [6.07, 6.45) is 2.60. The minimum Gasteiger partial charge on any atom is -0.481 e. The van der Waals surface area contributed by atoms with Crippen molar-refractivity contribution in [3.63, 3.8) is 0 Å². The van der Waals surface area contributed by atoms with Crippen molar-refractivity contribution < 1.29 is 29.0 Å². The molecule has 4 aliphatic rings. The topological polar surface area (TPSA) is 89.9 Å². The Kier molecular flexibility index (Phi) is 3.86. The van der Waals surface area contributed by atoms with Gasteiger partial charge in [0.2, 0.25) is 0 Å². The zero-order valence-corrected chi connectivity index (χ0v) is 14.7. The monoisotopic (exact) mass is 348 g/mol. The van der Waals surface area contributed by atoms with Crippen LogP contribution in [0.2, 0.25) is 0 Å². The Bertz CT molecular complexity index is 646. The maximum Gasteiger partial charge on any atom is 0.333 e. The molecular formula is C19H24O6. The first-order chi connectivity index (χ1) is 11.5. The van der Waals surface area contributed by atoms with E-state index < -0.39 is 34.5 Å². The second-order valence-electron chi connectivity index (χ2n) is 8.30. The summed E-state index contributed by atoms with van der Waals surface area (Å²) >= 11 is 0. The molecule has 2 unspecified atom stereocenters. The van der Waals surface area contributed by atoms with Gasteiger partial charge in [0.1, 0.15) is 11.2 Å². The fraction of sp³-hybridized carbons (Fsp3) is 0.632. The first-order valence-electron chi connectivity index (χ1n) is 8.52. The molecule has 0 aromatic heterocycles. The van der Waals surface area contributed by atoms with E-state index in [1.165, 1.54) is 0 Å². The van der Waals surface area contributed by atoms with E-state index in [1.54, 1.807) is 13.8 Å². The van der Waals surface area contributed by atoms with Gasteiger partial charge in [-0.15, -0.1) is 0 Å². The Morgan fingerprint density at radius 3 is 1.68 bits per heavy atom. The highest BCUT2D eigenvalue weighted by atomic mass is 16.6. The molecule has 4 bridgehead atoms. The number of carbonyl (C=O) groups is 3. The van der Waals surface area contributed by atoms with Crippen molar-refractivity contribution in [1.29, 1.82) is 0 Å². The van der Waals surface area contributed by atoms with E-state index in [0.717, 1.165) is 0 Å². The van der Waals surface area contributed by atoms with E-state index in [-0.39, 0.29) is 29.9 Å². The summed E-state index contributed by atoms with van der Waals surface area (Å²) in [6.45, 7) is 10.3. The molecule has 0 amide bonds. The molecule has 2 atom stereocenters. The molecule has 4 rings (SSSR count). The maximum absolute atomic E-state index is 12.1. The van der Waals surface area contributed by atoms with Crippen LogP contribution in [-0.4, -0.2) is 34.2 Å². The van der Waals surface area contributed by atoms with Gasteiger partial charge >= 0.3 is 17.9 Å². The van der Waals surface area contributed by atoms with Crippen LogP contribution in [0.3, 0.4) is 0 Å². The van der Waals surface area contributed by atoms with Crippen LogP contribution in [0, 0.1) is 11.3 Å². The average Bonchev–Trinajstić information content (AvgIpc) is 2.44. The van der Waals surface area contributed by atoms with Gasteiger partial charge in [0.25, 0.3) is 0 Å². The van der Waals surface area contributed by atoms with Crippen molar-refractivity contribution >= 4 is 17.9 Å². The van der Waals surface area contributed by atoms with Gasteiger partial charge < -0.3 is 14.6 Å². The summed E-state index contributed by atoms with van der Waals surface area (Å²) in [7, 11) is 0. The predicted molar refractivity (Wildman–Crippen MR) is 88.5 cm³/mol. The molecular weight excluding hydrogens is 324 g/mol. The average molecular weight is 348 g/mol. The Morgan fingerprint density at radius 2 is 1.32 bits per heavy atom. The zero-order valence-electron chi connectivity index (χ0n) is 14.7. The number of carboxylic acids is 1. The molecule has 0 heterocycles. The Labute approximate surface area is 146 Å². The first kappa shape index (κ1) is 17.7. The van der Waals surface area contributed by atoms with Crippen molar-refractivity contribution in [2.24, 2.45) is 11.3 Å². The molecule has 0 radical (unpaired) electrons. The Hall–Kier alpha value is -2.11. The lowest BCUT2D eigenvalue weighted by Crippen LogP contribution is -2.67. The third-order valence-corrected chi connectivity index (χ3v) is 5.74. The molecule has 25 heavy (non-hydrogen) atoms. The second kappa shape index (κ2) is 5.44. The van der Waals surface area contributed by atoms with Gasteiger partial charge in [0.15, 0.2) is 0 Å². The lowest BCUT2D eigenvalue weighted by atomic mass is 9.46. The van der Waals surface area contributed by atoms with Crippen LogP contribution in [0.15, 0.2) is 24.3 Å². The summed E-state index contributed by atoms with van der Waals surface area (Å²) in [4.78, 5) is 36.4. The van der Waals surface area contributed by atoms with Gasteiger partial charge in [0, 0.05) is 30.4 Å². The predicted octanol–water partition coefficient (Wildman–Crippen LogP) is 2.77. The fourth-order valence-corrected chi connectivity index (χ4v) is 5.30. The number of carboxylic acid groups (broad SMARTS) is 1. The highest BCUT2D eigenvalue weighted by molar-refractivity contribution is 5.88. The molecule has 0 aliphatic heterocycles.